The molecule has 2 atom stereocenters. The predicted molar refractivity (Wildman–Crippen MR) is 75.9 cm³/mol. The first-order valence-corrected chi connectivity index (χ1v) is 7.02. The molecule has 104 valence electrons. The molecule has 2 rings (SSSR count). The first kappa shape index (κ1) is 13.9. The molecule has 0 spiro atoms. The molecular weight excluding hydrogens is 240 g/mol. The van der Waals surface area contributed by atoms with E-state index < -0.39 is 6.10 Å². The monoisotopic (exact) mass is 262 g/mol. The Morgan fingerprint density at radius 3 is 2.68 bits per heavy atom. The molecule has 4 nitrogen and oxygen atoms in total. The van der Waals surface area contributed by atoms with Crippen molar-refractivity contribution in [1.82, 2.24) is 5.32 Å². The highest BCUT2D eigenvalue weighted by atomic mass is 16.3. The molecule has 0 aromatic heterocycles. The zero-order chi connectivity index (χ0) is 13.5. The third kappa shape index (κ3) is 4.24. The Labute approximate surface area is 114 Å². The first-order chi connectivity index (χ1) is 9.27. The quantitative estimate of drug-likeness (QED) is 0.685. The van der Waals surface area contributed by atoms with Crippen LogP contribution in [-0.2, 0) is 4.79 Å². The molecule has 0 saturated heterocycles. The Kier molecular flexibility index (Phi) is 5.21. The largest absolute Gasteiger partial charge is 0.392 e. The summed E-state index contributed by atoms with van der Waals surface area (Å²) in [5, 5.41) is 15.8. The Morgan fingerprint density at radius 1 is 1.21 bits per heavy atom. The second kappa shape index (κ2) is 7.14. The predicted octanol–water partition coefficient (Wildman–Crippen LogP) is 1.77. The number of aliphatic hydroxyl groups is 1. The van der Waals surface area contributed by atoms with Gasteiger partial charge < -0.3 is 15.7 Å². The lowest BCUT2D eigenvalue weighted by molar-refractivity contribution is -0.127. The number of hydrogen-bond donors (Lipinski definition) is 3. The number of carbonyl (C=O) groups is 1. The number of aliphatic hydroxyl groups excluding tert-OH is 1. The highest BCUT2D eigenvalue weighted by Gasteiger charge is 2.30. The van der Waals surface area contributed by atoms with Gasteiger partial charge in [-0.05, 0) is 37.8 Å². The van der Waals surface area contributed by atoms with E-state index in [9.17, 15) is 9.90 Å². The maximum Gasteiger partial charge on any atom is 0.225 e. The topological polar surface area (TPSA) is 61.4 Å². The standard InChI is InChI=1S/C15H22N2O2/c18-14-9-4-8-13(14)15(19)17-11-5-10-16-12-6-2-1-3-7-12/h1-3,6-7,13-14,16,18H,4-5,8-11H2,(H,17,19). The lowest BCUT2D eigenvalue weighted by Crippen LogP contribution is -2.35. The third-order valence-corrected chi connectivity index (χ3v) is 3.57. The summed E-state index contributed by atoms with van der Waals surface area (Å²) >= 11 is 0. The summed E-state index contributed by atoms with van der Waals surface area (Å²) in [4.78, 5) is 11.8. The lowest BCUT2D eigenvalue weighted by atomic mass is 10.1. The van der Waals surface area contributed by atoms with Gasteiger partial charge in [-0.3, -0.25) is 4.79 Å². The van der Waals surface area contributed by atoms with Crippen molar-refractivity contribution in [1.29, 1.82) is 0 Å². The van der Waals surface area contributed by atoms with E-state index in [1.807, 2.05) is 30.3 Å². The normalized spacial score (nSPS) is 22.2. The fourth-order valence-corrected chi connectivity index (χ4v) is 2.47. The minimum atomic E-state index is -0.442. The summed E-state index contributed by atoms with van der Waals surface area (Å²) in [7, 11) is 0. The Bertz CT molecular complexity index is 394. The van der Waals surface area contributed by atoms with Crippen molar-refractivity contribution in [3.63, 3.8) is 0 Å². The Balaban J connectivity index is 1.58. The van der Waals surface area contributed by atoms with Crippen molar-refractivity contribution in [3.8, 4) is 0 Å². The molecule has 1 aliphatic rings. The van der Waals surface area contributed by atoms with E-state index in [-0.39, 0.29) is 11.8 Å². The molecular formula is C15H22N2O2. The smallest absolute Gasteiger partial charge is 0.225 e. The van der Waals surface area contributed by atoms with E-state index in [0.29, 0.717) is 6.54 Å². The van der Waals surface area contributed by atoms with Crippen LogP contribution in [-0.4, -0.2) is 30.2 Å². The van der Waals surface area contributed by atoms with E-state index >= 15 is 0 Å². The van der Waals surface area contributed by atoms with Crippen LogP contribution in [0.25, 0.3) is 0 Å². The van der Waals surface area contributed by atoms with Gasteiger partial charge in [0.15, 0.2) is 0 Å². The van der Waals surface area contributed by atoms with Gasteiger partial charge in [-0.25, -0.2) is 0 Å². The van der Waals surface area contributed by atoms with E-state index in [1.54, 1.807) is 0 Å². The molecule has 1 saturated carbocycles. The molecule has 1 aliphatic carbocycles. The highest BCUT2D eigenvalue weighted by Crippen LogP contribution is 2.25. The summed E-state index contributed by atoms with van der Waals surface area (Å²) in [6, 6.07) is 10.0. The Morgan fingerprint density at radius 2 is 2.00 bits per heavy atom. The van der Waals surface area contributed by atoms with Crippen LogP contribution in [0.15, 0.2) is 30.3 Å². The summed E-state index contributed by atoms with van der Waals surface area (Å²) in [6.07, 6.45) is 2.96. The summed E-state index contributed by atoms with van der Waals surface area (Å²) < 4.78 is 0. The van der Waals surface area contributed by atoms with Crippen molar-refractivity contribution in [2.24, 2.45) is 5.92 Å². The van der Waals surface area contributed by atoms with Crippen molar-refractivity contribution in [2.45, 2.75) is 31.8 Å². The van der Waals surface area contributed by atoms with Gasteiger partial charge in [-0.15, -0.1) is 0 Å². The molecule has 4 heteroatoms. The maximum atomic E-state index is 11.8. The second-order valence-electron chi connectivity index (χ2n) is 5.04. The van der Waals surface area contributed by atoms with E-state index in [0.717, 1.165) is 37.9 Å². The molecule has 1 aromatic rings. The van der Waals surface area contributed by atoms with Crippen LogP contribution in [0.2, 0.25) is 0 Å². The molecule has 19 heavy (non-hydrogen) atoms. The number of carbonyl (C=O) groups excluding carboxylic acids is 1. The third-order valence-electron chi connectivity index (χ3n) is 3.57. The lowest BCUT2D eigenvalue weighted by Gasteiger charge is -2.14. The van der Waals surface area contributed by atoms with Gasteiger partial charge in [0, 0.05) is 18.8 Å². The van der Waals surface area contributed by atoms with Crippen LogP contribution >= 0.6 is 0 Å². The fraction of sp³-hybridized carbons (Fsp3) is 0.533. The minimum absolute atomic E-state index is 0.00436. The molecule has 0 aliphatic heterocycles. The van der Waals surface area contributed by atoms with Crippen LogP contribution in [0.5, 0.6) is 0 Å². The molecule has 1 fully saturated rings. The number of para-hydroxylation sites is 1. The van der Waals surface area contributed by atoms with Gasteiger partial charge in [0.05, 0.1) is 12.0 Å². The van der Waals surface area contributed by atoms with E-state index in [4.69, 9.17) is 0 Å². The zero-order valence-corrected chi connectivity index (χ0v) is 11.1. The van der Waals surface area contributed by atoms with Crippen molar-refractivity contribution < 1.29 is 9.90 Å². The number of hydrogen-bond acceptors (Lipinski definition) is 3. The average molecular weight is 262 g/mol. The second-order valence-corrected chi connectivity index (χ2v) is 5.04. The van der Waals surface area contributed by atoms with E-state index in [1.165, 1.54) is 0 Å². The number of rotatable bonds is 6. The molecule has 0 bridgehead atoms. The zero-order valence-electron chi connectivity index (χ0n) is 11.1. The number of benzene rings is 1. The summed E-state index contributed by atoms with van der Waals surface area (Å²) in [6.45, 7) is 1.49. The van der Waals surface area contributed by atoms with Crippen molar-refractivity contribution >= 4 is 11.6 Å². The molecule has 0 heterocycles. The first-order valence-electron chi connectivity index (χ1n) is 7.02. The van der Waals surface area contributed by atoms with Gasteiger partial charge >= 0.3 is 0 Å². The SMILES string of the molecule is O=C(NCCCNc1ccccc1)C1CCCC1O. The molecule has 2 unspecified atom stereocenters. The van der Waals surface area contributed by atoms with Crippen LogP contribution in [0, 0.1) is 5.92 Å². The molecule has 3 N–H and O–H groups in total. The van der Waals surface area contributed by atoms with Crippen LogP contribution in [0.4, 0.5) is 5.69 Å². The summed E-state index contributed by atoms with van der Waals surface area (Å²) in [5.41, 5.74) is 1.10. The van der Waals surface area contributed by atoms with Gasteiger partial charge in [0.2, 0.25) is 5.91 Å². The fourth-order valence-electron chi connectivity index (χ4n) is 2.47. The van der Waals surface area contributed by atoms with Crippen molar-refractivity contribution in [3.05, 3.63) is 30.3 Å². The number of amides is 1. The minimum Gasteiger partial charge on any atom is -0.392 e. The van der Waals surface area contributed by atoms with Gasteiger partial charge in [0.25, 0.3) is 0 Å². The van der Waals surface area contributed by atoms with Crippen LogP contribution < -0.4 is 10.6 Å². The average Bonchev–Trinajstić information content (AvgIpc) is 2.86. The van der Waals surface area contributed by atoms with E-state index in [2.05, 4.69) is 10.6 Å². The Hall–Kier alpha value is -1.55. The highest BCUT2D eigenvalue weighted by molar-refractivity contribution is 5.79. The number of nitrogens with one attached hydrogen (secondary N) is 2. The molecule has 0 radical (unpaired) electrons. The maximum absolute atomic E-state index is 11.8. The van der Waals surface area contributed by atoms with Crippen LogP contribution in [0.1, 0.15) is 25.7 Å². The van der Waals surface area contributed by atoms with Crippen molar-refractivity contribution in [2.75, 3.05) is 18.4 Å². The molecule has 1 aromatic carbocycles. The van der Waals surface area contributed by atoms with Gasteiger partial charge in [-0.1, -0.05) is 18.2 Å². The number of anilines is 1. The molecule has 1 amide bonds. The summed E-state index contributed by atoms with van der Waals surface area (Å²) in [5.74, 6) is -0.188. The van der Waals surface area contributed by atoms with Gasteiger partial charge in [0.1, 0.15) is 0 Å². The van der Waals surface area contributed by atoms with Gasteiger partial charge in [-0.2, -0.15) is 0 Å². The van der Waals surface area contributed by atoms with Crippen LogP contribution in [0.3, 0.4) is 0 Å².